The van der Waals surface area contributed by atoms with Crippen LogP contribution in [0.1, 0.15) is 39.2 Å². The minimum Gasteiger partial charge on any atom is -0.379 e. The summed E-state index contributed by atoms with van der Waals surface area (Å²) in [4.78, 5) is 4.76. The Morgan fingerprint density at radius 1 is 1.30 bits per heavy atom. The molecule has 0 aromatic heterocycles. The Hall–Kier alpha value is -0.570. The second kappa shape index (κ2) is 12.8. The van der Waals surface area contributed by atoms with Gasteiger partial charge in [0, 0.05) is 36.7 Å². The highest BCUT2D eigenvalue weighted by atomic mass is 127. The van der Waals surface area contributed by atoms with Crippen molar-refractivity contribution in [2.45, 2.75) is 45.1 Å². The van der Waals surface area contributed by atoms with Crippen LogP contribution in [0.5, 0.6) is 0 Å². The quantitative estimate of drug-likeness (QED) is 0.229. The van der Waals surface area contributed by atoms with E-state index in [4.69, 9.17) is 26.1 Å². The predicted octanol–water partition coefficient (Wildman–Crippen LogP) is 3.99. The van der Waals surface area contributed by atoms with Crippen LogP contribution in [0.3, 0.4) is 0 Å². The van der Waals surface area contributed by atoms with E-state index in [1.165, 1.54) is 5.56 Å². The number of benzene rings is 1. The van der Waals surface area contributed by atoms with Gasteiger partial charge in [0.05, 0.1) is 19.3 Å². The number of nitrogens with one attached hydrogen (secondary N) is 2. The molecule has 0 spiro atoms. The van der Waals surface area contributed by atoms with Gasteiger partial charge in [-0.05, 0) is 37.5 Å². The molecule has 2 N–H and O–H groups in total. The molecule has 0 bridgehead atoms. The maximum atomic E-state index is 5.99. The van der Waals surface area contributed by atoms with E-state index in [9.17, 15) is 0 Å². The van der Waals surface area contributed by atoms with Crippen LogP contribution in [0.25, 0.3) is 0 Å². The van der Waals surface area contributed by atoms with Gasteiger partial charge in [-0.3, -0.25) is 4.99 Å². The van der Waals surface area contributed by atoms with Crippen molar-refractivity contribution >= 4 is 41.5 Å². The first kappa shape index (κ1) is 24.5. The van der Waals surface area contributed by atoms with Crippen LogP contribution in [0.2, 0.25) is 5.02 Å². The van der Waals surface area contributed by atoms with Gasteiger partial charge >= 0.3 is 0 Å². The lowest BCUT2D eigenvalue weighted by atomic mass is 9.85. The minimum absolute atomic E-state index is 0. The second-order valence-electron chi connectivity index (χ2n) is 7.22. The van der Waals surface area contributed by atoms with Crippen molar-refractivity contribution in [3.05, 3.63) is 34.9 Å². The SMILES string of the molecule is CCNC(=NCC(C)(C)c1ccc(Cl)cc1)NCCCOC1CCOC1.I. The van der Waals surface area contributed by atoms with Crippen molar-refractivity contribution in [1.82, 2.24) is 10.6 Å². The van der Waals surface area contributed by atoms with E-state index in [1.54, 1.807) is 0 Å². The zero-order valence-electron chi connectivity index (χ0n) is 16.6. The van der Waals surface area contributed by atoms with Gasteiger partial charge in [0.15, 0.2) is 5.96 Å². The van der Waals surface area contributed by atoms with Gasteiger partial charge in [0.2, 0.25) is 0 Å². The second-order valence-corrected chi connectivity index (χ2v) is 7.66. The highest BCUT2D eigenvalue weighted by Crippen LogP contribution is 2.24. The summed E-state index contributed by atoms with van der Waals surface area (Å²) in [6.45, 7) is 11.1. The molecular formula is C20H33ClIN3O2. The van der Waals surface area contributed by atoms with Gasteiger partial charge in [-0.1, -0.05) is 37.6 Å². The summed E-state index contributed by atoms with van der Waals surface area (Å²) >= 11 is 5.99. The summed E-state index contributed by atoms with van der Waals surface area (Å²) in [6.07, 6.45) is 2.23. The van der Waals surface area contributed by atoms with E-state index in [0.29, 0.717) is 6.54 Å². The van der Waals surface area contributed by atoms with Crippen LogP contribution in [-0.4, -0.2) is 51.5 Å². The Labute approximate surface area is 185 Å². The molecule has 1 aromatic carbocycles. The van der Waals surface area contributed by atoms with Crippen LogP contribution >= 0.6 is 35.6 Å². The molecule has 0 saturated carbocycles. The molecule has 1 unspecified atom stereocenters. The highest BCUT2D eigenvalue weighted by molar-refractivity contribution is 14.0. The molecule has 154 valence electrons. The van der Waals surface area contributed by atoms with Gasteiger partial charge in [0.1, 0.15) is 0 Å². The third-order valence-electron chi connectivity index (χ3n) is 4.46. The molecule has 1 aliphatic rings. The normalized spacial score (nSPS) is 17.5. The molecule has 1 atom stereocenters. The maximum Gasteiger partial charge on any atom is 0.191 e. The summed E-state index contributed by atoms with van der Waals surface area (Å²) in [7, 11) is 0. The lowest BCUT2D eigenvalue weighted by molar-refractivity contribution is 0.0420. The van der Waals surface area contributed by atoms with Gasteiger partial charge in [-0.2, -0.15) is 0 Å². The summed E-state index contributed by atoms with van der Waals surface area (Å²) < 4.78 is 11.1. The van der Waals surface area contributed by atoms with E-state index in [2.05, 4.69) is 43.5 Å². The summed E-state index contributed by atoms with van der Waals surface area (Å²) in [5.41, 5.74) is 1.17. The van der Waals surface area contributed by atoms with Crippen molar-refractivity contribution in [3.8, 4) is 0 Å². The number of aliphatic imine (C=N–C) groups is 1. The van der Waals surface area contributed by atoms with E-state index in [0.717, 1.165) is 56.7 Å². The van der Waals surface area contributed by atoms with E-state index < -0.39 is 0 Å². The molecule has 0 aliphatic carbocycles. The topological polar surface area (TPSA) is 54.9 Å². The lowest BCUT2D eigenvalue weighted by Gasteiger charge is -2.24. The molecule has 1 aromatic rings. The molecule has 27 heavy (non-hydrogen) atoms. The first-order valence-corrected chi connectivity index (χ1v) is 9.86. The van der Waals surface area contributed by atoms with Crippen LogP contribution < -0.4 is 10.6 Å². The molecular weight excluding hydrogens is 477 g/mol. The maximum absolute atomic E-state index is 5.99. The number of guanidine groups is 1. The minimum atomic E-state index is -0.0570. The fourth-order valence-electron chi connectivity index (χ4n) is 2.78. The molecule has 7 heteroatoms. The Bertz CT molecular complexity index is 561. The predicted molar refractivity (Wildman–Crippen MR) is 124 cm³/mol. The van der Waals surface area contributed by atoms with Crippen molar-refractivity contribution < 1.29 is 9.47 Å². The lowest BCUT2D eigenvalue weighted by Crippen LogP contribution is -2.39. The third-order valence-corrected chi connectivity index (χ3v) is 4.71. The van der Waals surface area contributed by atoms with E-state index in [1.807, 2.05) is 12.1 Å². The molecule has 1 fully saturated rings. The van der Waals surface area contributed by atoms with Crippen LogP contribution in [0, 0.1) is 0 Å². The summed E-state index contributed by atoms with van der Waals surface area (Å²) in [5, 5.41) is 7.45. The molecule has 5 nitrogen and oxygen atoms in total. The van der Waals surface area contributed by atoms with Gasteiger partial charge in [0.25, 0.3) is 0 Å². The Balaban J connectivity index is 0.00000364. The first-order chi connectivity index (χ1) is 12.5. The molecule has 1 heterocycles. The van der Waals surface area contributed by atoms with Crippen LogP contribution in [-0.2, 0) is 14.9 Å². The highest BCUT2D eigenvalue weighted by Gasteiger charge is 2.20. The van der Waals surface area contributed by atoms with Crippen LogP contribution in [0.15, 0.2) is 29.3 Å². The Kier molecular flexibility index (Phi) is 11.6. The third kappa shape index (κ3) is 8.98. The van der Waals surface area contributed by atoms with Crippen molar-refractivity contribution in [3.63, 3.8) is 0 Å². The smallest absolute Gasteiger partial charge is 0.191 e. The molecule has 2 rings (SSSR count). The average Bonchev–Trinajstić information content (AvgIpc) is 3.13. The van der Waals surface area contributed by atoms with Crippen LogP contribution in [0.4, 0.5) is 0 Å². The summed E-state index contributed by atoms with van der Waals surface area (Å²) in [6, 6.07) is 8.01. The van der Waals surface area contributed by atoms with Gasteiger partial charge in [-0.25, -0.2) is 0 Å². The standard InChI is InChI=1S/C20H32ClN3O2.HI/c1-4-22-19(23-11-5-12-26-18-10-13-25-14-18)24-15-20(2,3)16-6-8-17(21)9-7-16;/h6-9,18H,4-5,10-15H2,1-3H3,(H2,22,23,24);1H. The van der Waals surface area contributed by atoms with E-state index in [-0.39, 0.29) is 35.5 Å². The average molecular weight is 510 g/mol. The molecule has 0 amide bonds. The number of hydrogen-bond acceptors (Lipinski definition) is 3. The number of ether oxygens (including phenoxy) is 2. The van der Waals surface area contributed by atoms with Crippen molar-refractivity contribution in [2.75, 3.05) is 39.5 Å². The molecule has 1 aliphatic heterocycles. The Morgan fingerprint density at radius 3 is 2.67 bits per heavy atom. The molecule has 1 saturated heterocycles. The number of hydrogen-bond donors (Lipinski definition) is 2. The monoisotopic (exact) mass is 509 g/mol. The zero-order chi connectivity index (χ0) is 18.8. The van der Waals surface area contributed by atoms with Crippen molar-refractivity contribution in [2.24, 2.45) is 4.99 Å². The largest absolute Gasteiger partial charge is 0.379 e. The van der Waals surface area contributed by atoms with Crippen molar-refractivity contribution in [1.29, 1.82) is 0 Å². The zero-order valence-corrected chi connectivity index (χ0v) is 19.7. The number of halogens is 2. The fraction of sp³-hybridized carbons (Fsp3) is 0.650. The number of rotatable bonds is 9. The van der Waals surface area contributed by atoms with E-state index >= 15 is 0 Å². The summed E-state index contributed by atoms with van der Waals surface area (Å²) in [5.74, 6) is 0.846. The van der Waals surface area contributed by atoms with Gasteiger partial charge in [-0.15, -0.1) is 24.0 Å². The Morgan fingerprint density at radius 2 is 2.04 bits per heavy atom. The number of nitrogens with zero attached hydrogens (tertiary/aromatic N) is 1. The van der Waals surface area contributed by atoms with Gasteiger partial charge < -0.3 is 20.1 Å². The molecule has 0 radical (unpaired) electrons. The fourth-order valence-corrected chi connectivity index (χ4v) is 2.91. The first-order valence-electron chi connectivity index (χ1n) is 9.49.